The second kappa shape index (κ2) is 8.93. The van der Waals surface area contributed by atoms with Gasteiger partial charge < -0.3 is 15.2 Å². The third kappa shape index (κ3) is 4.90. The lowest BCUT2D eigenvalue weighted by molar-refractivity contribution is 0.358. The van der Waals surface area contributed by atoms with Crippen molar-refractivity contribution in [2.24, 2.45) is 10.9 Å². The standard InChI is InChI=1S/C16H25N7S.HI/c1-10-14(24-12(3)20-10)8-19-16(17-4)18-7-13-5-6-15-22-21-11(2)23(15)9-13;/h13H,5-9H2,1-4H3,(H2,17,18,19);1H. The van der Waals surface area contributed by atoms with Crippen molar-refractivity contribution in [3.05, 3.63) is 27.2 Å². The van der Waals surface area contributed by atoms with Gasteiger partial charge >= 0.3 is 0 Å². The zero-order chi connectivity index (χ0) is 17.1. The number of hydrogen-bond donors (Lipinski definition) is 2. The first-order valence-corrected chi connectivity index (χ1v) is 9.14. The molecule has 9 heteroatoms. The van der Waals surface area contributed by atoms with Crippen molar-refractivity contribution in [2.45, 2.75) is 46.7 Å². The molecule has 3 heterocycles. The summed E-state index contributed by atoms with van der Waals surface area (Å²) < 4.78 is 2.23. The van der Waals surface area contributed by atoms with Gasteiger partial charge in [0.1, 0.15) is 11.6 Å². The highest BCUT2D eigenvalue weighted by atomic mass is 127. The summed E-state index contributed by atoms with van der Waals surface area (Å²) in [5, 5.41) is 16.3. The minimum atomic E-state index is 0. The van der Waals surface area contributed by atoms with Crippen LogP contribution in [0, 0.1) is 26.7 Å². The molecule has 0 spiro atoms. The maximum atomic E-state index is 4.46. The highest BCUT2D eigenvalue weighted by Gasteiger charge is 2.21. The van der Waals surface area contributed by atoms with Gasteiger partial charge in [0.05, 0.1) is 17.2 Å². The number of fused-ring (bicyclic) bond motifs is 1. The maximum absolute atomic E-state index is 4.46. The molecular weight excluding hydrogens is 449 g/mol. The molecule has 0 aliphatic carbocycles. The summed E-state index contributed by atoms with van der Waals surface area (Å²) in [6.07, 6.45) is 2.13. The topological polar surface area (TPSA) is 80.0 Å². The number of aryl methyl sites for hydroxylation is 4. The number of aromatic nitrogens is 4. The fourth-order valence-corrected chi connectivity index (χ4v) is 3.94. The lowest BCUT2D eigenvalue weighted by Gasteiger charge is -2.25. The number of hydrogen-bond acceptors (Lipinski definition) is 5. The predicted octanol–water partition coefficient (Wildman–Crippen LogP) is 2.21. The van der Waals surface area contributed by atoms with Crippen LogP contribution in [0.1, 0.15) is 33.6 Å². The lowest BCUT2D eigenvalue weighted by Crippen LogP contribution is -2.41. The fraction of sp³-hybridized carbons (Fsp3) is 0.625. The molecule has 138 valence electrons. The van der Waals surface area contributed by atoms with Crippen molar-refractivity contribution < 1.29 is 0 Å². The van der Waals surface area contributed by atoms with E-state index < -0.39 is 0 Å². The molecule has 2 aromatic rings. The van der Waals surface area contributed by atoms with Crippen LogP contribution in [0.25, 0.3) is 0 Å². The van der Waals surface area contributed by atoms with Crippen molar-refractivity contribution in [1.82, 2.24) is 30.4 Å². The second-order valence-corrected chi connectivity index (χ2v) is 7.51. The van der Waals surface area contributed by atoms with Crippen LogP contribution in [0.15, 0.2) is 4.99 Å². The molecule has 25 heavy (non-hydrogen) atoms. The van der Waals surface area contributed by atoms with Crippen molar-refractivity contribution in [2.75, 3.05) is 13.6 Å². The average Bonchev–Trinajstić information content (AvgIpc) is 3.10. The van der Waals surface area contributed by atoms with Crippen molar-refractivity contribution in [3.63, 3.8) is 0 Å². The normalized spacial score (nSPS) is 17.0. The zero-order valence-electron chi connectivity index (χ0n) is 15.2. The van der Waals surface area contributed by atoms with Crippen LogP contribution in [0.2, 0.25) is 0 Å². The maximum Gasteiger partial charge on any atom is 0.191 e. The van der Waals surface area contributed by atoms with E-state index in [1.54, 1.807) is 11.3 Å². The minimum Gasteiger partial charge on any atom is -0.356 e. The summed E-state index contributed by atoms with van der Waals surface area (Å²) in [5.74, 6) is 3.53. The molecule has 0 amide bonds. The molecule has 1 aliphatic heterocycles. The minimum absolute atomic E-state index is 0. The van der Waals surface area contributed by atoms with Gasteiger partial charge in [0.2, 0.25) is 0 Å². The molecule has 0 aromatic carbocycles. The Bertz CT molecular complexity index is 737. The Labute approximate surface area is 169 Å². The Balaban J connectivity index is 0.00000225. The second-order valence-electron chi connectivity index (χ2n) is 6.23. The van der Waals surface area contributed by atoms with Crippen molar-refractivity contribution in [3.8, 4) is 0 Å². The first-order valence-electron chi connectivity index (χ1n) is 8.33. The monoisotopic (exact) mass is 475 g/mol. The van der Waals surface area contributed by atoms with E-state index in [9.17, 15) is 0 Å². The number of aliphatic imine (C=N–C) groups is 1. The molecular formula is C16H26IN7S. The zero-order valence-corrected chi connectivity index (χ0v) is 18.3. The van der Waals surface area contributed by atoms with E-state index in [0.717, 1.165) is 60.8 Å². The Morgan fingerprint density at radius 1 is 1.28 bits per heavy atom. The number of halogens is 1. The first kappa shape index (κ1) is 20.1. The number of guanidine groups is 1. The van der Waals surface area contributed by atoms with E-state index in [-0.39, 0.29) is 24.0 Å². The van der Waals surface area contributed by atoms with Crippen molar-refractivity contribution in [1.29, 1.82) is 0 Å². The lowest BCUT2D eigenvalue weighted by atomic mass is 9.99. The molecule has 0 fully saturated rings. The van der Waals surface area contributed by atoms with Gasteiger partial charge in [-0.2, -0.15) is 0 Å². The fourth-order valence-electron chi connectivity index (χ4n) is 3.06. The van der Waals surface area contributed by atoms with Gasteiger partial charge in [-0.15, -0.1) is 45.5 Å². The molecule has 3 rings (SSSR count). The summed E-state index contributed by atoms with van der Waals surface area (Å²) in [6.45, 7) is 8.75. The van der Waals surface area contributed by atoms with E-state index in [0.29, 0.717) is 5.92 Å². The van der Waals surface area contributed by atoms with Crippen LogP contribution in [0.5, 0.6) is 0 Å². The summed E-state index contributed by atoms with van der Waals surface area (Å²) in [5.41, 5.74) is 1.10. The number of nitrogens with zero attached hydrogens (tertiary/aromatic N) is 5. The summed E-state index contributed by atoms with van der Waals surface area (Å²) in [6, 6.07) is 0. The molecule has 7 nitrogen and oxygen atoms in total. The van der Waals surface area contributed by atoms with Gasteiger partial charge in [0, 0.05) is 31.4 Å². The van der Waals surface area contributed by atoms with E-state index in [1.165, 1.54) is 4.88 Å². The number of nitrogens with one attached hydrogen (secondary N) is 2. The van der Waals surface area contributed by atoms with Crippen LogP contribution in [-0.4, -0.2) is 39.3 Å². The first-order chi connectivity index (χ1) is 11.6. The Hall–Kier alpha value is -1.23. The van der Waals surface area contributed by atoms with Crippen LogP contribution in [-0.2, 0) is 19.5 Å². The molecule has 0 saturated carbocycles. The van der Waals surface area contributed by atoms with Gasteiger partial charge in [-0.3, -0.25) is 4.99 Å². The third-order valence-corrected chi connectivity index (χ3v) is 5.50. The molecule has 1 atom stereocenters. The predicted molar refractivity (Wildman–Crippen MR) is 112 cm³/mol. The van der Waals surface area contributed by atoms with Crippen LogP contribution in [0.4, 0.5) is 0 Å². The molecule has 2 N–H and O–H groups in total. The Morgan fingerprint density at radius 3 is 2.76 bits per heavy atom. The van der Waals surface area contributed by atoms with Gasteiger partial charge in [-0.1, -0.05) is 0 Å². The summed E-state index contributed by atoms with van der Waals surface area (Å²) in [7, 11) is 1.81. The molecule has 1 unspecified atom stereocenters. The van der Waals surface area contributed by atoms with E-state index in [4.69, 9.17) is 0 Å². The Morgan fingerprint density at radius 2 is 2.08 bits per heavy atom. The molecule has 0 radical (unpaired) electrons. The average molecular weight is 475 g/mol. The molecule has 0 bridgehead atoms. The molecule has 2 aromatic heterocycles. The van der Waals surface area contributed by atoms with E-state index >= 15 is 0 Å². The summed E-state index contributed by atoms with van der Waals surface area (Å²) >= 11 is 1.73. The molecule has 1 aliphatic rings. The number of thiazole rings is 1. The highest BCUT2D eigenvalue weighted by Crippen LogP contribution is 2.19. The van der Waals surface area contributed by atoms with Gasteiger partial charge in [-0.25, -0.2) is 4.98 Å². The smallest absolute Gasteiger partial charge is 0.191 e. The van der Waals surface area contributed by atoms with Gasteiger partial charge in [0.25, 0.3) is 0 Å². The number of rotatable bonds is 4. The third-order valence-electron chi connectivity index (χ3n) is 4.43. The van der Waals surface area contributed by atoms with Gasteiger partial charge in [0.15, 0.2) is 5.96 Å². The quantitative estimate of drug-likeness (QED) is 0.403. The molecule has 0 saturated heterocycles. The largest absolute Gasteiger partial charge is 0.356 e. The Kier molecular flexibility index (Phi) is 7.17. The van der Waals surface area contributed by atoms with Crippen molar-refractivity contribution >= 4 is 41.3 Å². The summed E-state index contributed by atoms with van der Waals surface area (Å²) in [4.78, 5) is 10.0. The van der Waals surface area contributed by atoms with E-state index in [2.05, 4.69) is 42.3 Å². The highest BCUT2D eigenvalue weighted by molar-refractivity contribution is 14.0. The van der Waals surface area contributed by atoms with E-state index in [1.807, 2.05) is 20.9 Å². The van der Waals surface area contributed by atoms with Gasteiger partial charge in [-0.05, 0) is 33.1 Å². The van der Waals surface area contributed by atoms with Crippen LogP contribution >= 0.6 is 35.3 Å². The SMILES string of the molecule is CN=C(NCc1sc(C)nc1C)NCC1CCc2nnc(C)n2C1.I. The van der Waals surface area contributed by atoms with Crippen LogP contribution < -0.4 is 10.6 Å². The van der Waals surface area contributed by atoms with Crippen LogP contribution in [0.3, 0.4) is 0 Å².